The second-order valence-electron chi connectivity index (χ2n) is 8.06. The van der Waals surface area contributed by atoms with Gasteiger partial charge in [0.1, 0.15) is 6.54 Å². The summed E-state index contributed by atoms with van der Waals surface area (Å²) in [5.74, 6) is 0.809. The van der Waals surface area contributed by atoms with Gasteiger partial charge < -0.3 is 14.5 Å². The van der Waals surface area contributed by atoms with E-state index in [9.17, 15) is 4.79 Å². The maximum atomic E-state index is 12.3. The fourth-order valence-corrected chi connectivity index (χ4v) is 4.94. The van der Waals surface area contributed by atoms with Gasteiger partial charge in [-0.1, -0.05) is 30.3 Å². The fraction of sp³-hybridized carbons (Fsp3) is 0.435. The van der Waals surface area contributed by atoms with Crippen LogP contribution in [0.5, 0.6) is 0 Å². The molecular weight excluding hydrogens is 404 g/mol. The molecule has 0 aliphatic carbocycles. The van der Waals surface area contributed by atoms with Gasteiger partial charge in [0.05, 0.1) is 39.1 Å². The number of carbonyl (C=O) groups is 1. The number of amides is 1. The molecule has 2 aromatic rings. The predicted octanol–water partition coefficient (Wildman–Crippen LogP) is 4.91. The molecule has 0 radical (unpaired) electrons. The Kier molecular flexibility index (Phi) is 8.01. The normalized spacial score (nSPS) is 15.3. The summed E-state index contributed by atoms with van der Waals surface area (Å²) in [7, 11) is 4.59. The van der Waals surface area contributed by atoms with E-state index in [-0.39, 0.29) is 5.91 Å². The molecule has 0 atom stereocenters. The first kappa shape index (κ1) is 22.2. The SMILES string of the molecule is C[N+](C)(Cc1ccc(NC(=O)CSc2ccccc2CCl)cc1)C1CCOCC1. The van der Waals surface area contributed by atoms with Crippen molar-refractivity contribution < 1.29 is 14.0 Å². The van der Waals surface area contributed by atoms with Gasteiger partial charge in [0.2, 0.25) is 5.91 Å². The number of nitrogens with zero attached hydrogens (tertiary/aromatic N) is 1. The maximum absolute atomic E-state index is 12.3. The lowest BCUT2D eigenvalue weighted by Crippen LogP contribution is -2.50. The quantitative estimate of drug-likeness (QED) is 0.365. The van der Waals surface area contributed by atoms with E-state index in [1.54, 1.807) is 0 Å². The molecule has 3 rings (SSSR count). The lowest BCUT2D eigenvalue weighted by Gasteiger charge is -2.40. The van der Waals surface area contributed by atoms with Crippen molar-refractivity contribution in [3.05, 3.63) is 59.7 Å². The van der Waals surface area contributed by atoms with Crippen molar-refractivity contribution in [2.75, 3.05) is 38.4 Å². The van der Waals surface area contributed by atoms with E-state index in [1.165, 1.54) is 17.3 Å². The number of hydrogen-bond acceptors (Lipinski definition) is 3. The van der Waals surface area contributed by atoms with Gasteiger partial charge in [-0.3, -0.25) is 4.79 Å². The van der Waals surface area contributed by atoms with Crippen molar-refractivity contribution in [1.29, 1.82) is 0 Å². The molecule has 1 N–H and O–H groups in total. The minimum atomic E-state index is -0.00885. The zero-order chi connectivity index (χ0) is 20.7. The molecule has 2 aromatic carbocycles. The highest BCUT2D eigenvalue weighted by atomic mass is 35.5. The van der Waals surface area contributed by atoms with Crippen LogP contribution in [0.2, 0.25) is 0 Å². The molecule has 1 aliphatic heterocycles. The summed E-state index contributed by atoms with van der Waals surface area (Å²) in [6.45, 7) is 2.71. The van der Waals surface area contributed by atoms with Crippen molar-refractivity contribution in [1.82, 2.24) is 0 Å². The fourth-order valence-electron chi connectivity index (χ4n) is 3.77. The number of ether oxygens (including phenoxy) is 1. The van der Waals surface area contributed by atoms with Crippen molar-refractivity contribution >= 4 is 35.0 Å². The summed E-state index contributed by atoms with van der Waals surface area (Å²) in [5, 5.41) is 2.99. The highest BCUT2D eigenvalue weighted by Crippen LogP contribution is 2.25. The Balaban J connectivity index is 1.51. The summed E-state index contributed by atoms with van der Waals surface area (Å²) in [6.07, 6.45) is 2.23. The van der Waals surface area contributed by atoms with Crippen LogP contribution in [0.15, 0.2) is 53.4 Å². The van der Waals surface area contributed by atoms with Crippen molar-refractivity contribution in [2.24, 2.45) is 0 Å². The molecule has 0 aromatic heterocycles. The number of benzene rings is 2. The van der Waals surface area contributed by atoms with Crippen LogP contribution < -0.4 is 5.32 Å². The summed E-state index contributed by atoms with van der Waals surface area (Å²) in [5.41, 5.74) is 3.17. The van der Waals surface area contributed by atoms with E-state index >= 15 is 0 Å². The molecular formula is C23H30ClN2O2S+. The molecule has 6 heteroatoms. The molecule has 0 saturated carbocycles. The predicted molar refractivity (Wildman–Crippen MR) is 121 cm³/mol. The molecule has 0 spiro atoms. The van der Waals surface area contributed by atoms with E-state index in [0.29, 0.717) is 17.7 Å². The van der Waals surface area contributed by atoms with Crippen LogP contribution in [-0.4, -0.2) is 49.5 Å². The Morgan fingerprint density at radius 3 is 2.52 bits per heavy atom. The van der Waals surface area contributed by atoms with Gasteiger partial charge in [-0.15, -0.1) is 23.4 Å². The van der Waals surface area contributed by atoms with Crippen LogP contribution in [0.3, 0.4) is 0 Å². The number of alkyl halides is 1. The molecule has 0 unspecified atom stereocenters. The highest BCUT2D eigenvalue weighted by molar-refractivity contribution is 8.00. The number of quaternary nitrogens is 1. The molecule has 1 aliphatic rings. The smallest absolute Gasteiger partial charge is 0.234 e. The Bertz CT molecular complexity index is 805. The summed E-state index contributed by atoms with van der Waals surface area (Å²) in [4.78, 5) is 13.4. The van der Waals surface area contributed by atoms with Gasteiger partial charge in [0.25, 0.3) is 0 Å². The number of rotatable bonds is 8. The second-order valence-corrected chi connectivity index (χ2v) is 9.34. The number of thioether (sulfide) groups is 1. The lowest BCUT2D eigenvalue weighted by atomic mass is 10.0. The van der Waals surface area contributed by atoms with Gasteiger partial charge in [-0.2, -0.15) is 0 Å². The number of carbonyl (C=O) groups excluding carboxylic acids is 1. The molecule has 29 heavy (non-hydrogen) atoms. The molecule has 0 bridgehead atoms. The molecule has 1 saturated heterocycles. The average molecular weight is 434 g/mol. The van der Waals surface area contributed by atoms with Gasteiger partial charge in [0, 0.05) is 34.9 Å². The van der Waals surface area contributed by atoms with E-state index < -0.39 is 0 Å². The molecule has 4 nitrogen and oxygen atoms in total. The summed E-state index contributed by atoms with van der Waals surface area (Å²) >= 11 is 7.48. The lowest BCUT2D eigenvalue weighted by molar-refractivity contribution is -0.929. The Labute approximate surface area is 183 Å². The maximum Gasteiger partial charge on any atom is 0.234 e. The highest BCUT2D eigenvalue weighted by Gasteiger charge is 2.30. The number of anilines is 1. The molecule has 1 heterocycles. The van der Waals surface area contributed by atoms with Gasteiger partial charge in [0.15, 0.2) is 0 Å². The standard InChI is InChI=1S/C23H29ClN2O2S/c1-26(2,21-11-13-28-14-12-21)16-18-7-9-20(10-8-18)25-23(27)17-29-22-6-4-3-5-19(22)15-24/h3-10,21H,11-17H2,1-2H3/p+1. The Hall–Kier alpha value is -1.53. The second kappa shape index (κ2) is 10.5. The first-order valence-electron chi connectivity index (χ1n) is 10.0. The van der Waals surface area contributed by atoms with Crippen molar-refractivity contribution in [3.63, 3.8) is 0 Å². The minimum Gasteiger partial charge on any atom is -0.381 e. The summed E-state index contributed by atoms with van der Waals surface area (Å²) < 4.78 is 6.46. The zero-order valence-corrected chi connectivity index (χ0v) is 18.8. The largest absolute Gasteiger partial charge is 0.381 e. The monoisotopic (exact) mass is 433 g/mol. The number of nitrogens with one attached hydrogen (secondary N) is 1. The summed E-state index contributed by atoms with van der Waals surface area (Å²) in [6, 6.07) is 16.8. The topological polar surface area (TPSA) is 38.3 Å². The van der Waals surface area contributed by atoms with E-state index in [0.717, 1.165) is 53.2 Å². The number of halogens is 1. The molecule has 156 valence electrons. The average Bonchev–Trinajstić information content (AvgIpc) is 2.74. The Morgan fingerprint density at radius 2 is 1.83 bits per heavy atom. The molecule has 1 fully saturated rings. The van der Waals surface area contributed by atoms with Gasteiger partial charge >= 0.3 is 0 Å². The molecule has 1 amide bonds. The van der Waals surface area contributed by atoms with Crippen LogP contribution in [-0.2, 0) is 22.0 Å². The Morgan fingerprint density at radius 1 is 1.14 bits per heavy atom. The minimum absolute atomic E-state index is 0.00885. The van der Waals surface area contributed by atoms with Crippen LogP contribution in [0.1, 0.15) is 24.0 Å². The third kappa shape index (κ3) is 6.48. The first-order chi connectivity index (χ1) is 14.0. The first-order valence-corrected chi connectivity index (χ1v) is 11.6. The third-order valence-corrected chi connectivity index (χ3v) is 6.89. The van der Waals surface area contributed by atoms with Gasteiger partial charge in [-0.25, -0.2) is 0 Å². The van der Waals surface area contributed by atoms with E-state index in [4.69, 9.17) is 16.3 Å². The van der Waals surface area contributed by atoms with Crippen molar-refractivity contribution in [2.45, 2.75) is 36.2 Å². The van der Waals surface area contributed by atoms with E-state index in [2.05, 4.69) is 31.5 Å². The van der Waals surface area contributed by atoms with Crippen LogP contribution in [0, 0.1) is 0 Å². The third-order valence-electron chi connectivity index (χ3n) is 5.48. The van der Waals surface area contributed by atoms with Crippen LogP contribution >= 0.6 is 23.4 Å². The number of hydrogen-bond donors (Lipinski definition) is 1. The van der Waals surface area contributed by atoms with Crippen molar-refractivity contribution in [3.8, 4) is 0 Å². The van der Waals surface area contributed by atoms with Gasteiger partial charge in [-0.05, 0) is 23.8 Å². The van der Waals surface area contributed by atoms with Crippen LogP contribution in [0.25, 0.3) is 0 Å². The zero-order valence-electron chi connectivity index (χ0n) is 17.2. The van der Waals surface area contributed by atoms with Crippen LogP contribution in [0.4, 0.5) is 5.69 Å². The van der Waals surface area contributed by atoms with E-state index in [1.807, 2.05) is 36.4 Å².